The average Bonchev–Trinajstić information content (AvgIpc) is 2.97. The molecule has 1 atom stereocenters. The minimum absolute atomic E-state index is 0.0520. The van der Waals surface area contributed by atoms with Crippen LogP contribution in [-0.2, 0) is 22.7 Å². The Hall–Kier alpha value is -1.53. The number of hydrogen-bond acceptors (Lipinski definition) is 3. The van der Waals surface area contributed by atoms with Gasteiger partial charge in [0.05, 0.1) is 12.5 Å². The van der Waals surface area contributed by atoms with Gasteiger partial charge in [0.25, 0.3) is 11.9 Å². The third-order valence-corrected chi connectivity index (χ3v) is 2.94. The highest BCUT2D eigenvalue weighted by atomic mass is 19.3. The number of benzene rings is 1. The zero-order valence-electron chi connectivity index (χ0n) is 11.5. The molecular weight excluding hydrogens is 268 g/mol. The summed E-state index contributed by atoms with van der Waals surface area (Å²) in [5.74, 6) is -4.00. The lowest BCUT2D eigenvalue weighted by molar-refractivity contribution is -0.134. The number of aliphatic carboxylic acids is 1. The highest BCUT2D eigenvalue weighted by molar-refractivity contribution is 5.62. The molecule has 1 aromatic rings. The summed E-state index contributed by atoms with van der Waals surface area (Å²) < 4.78 is 31.0. The van der Waals surface area contributed by atoms with Crippen molar-refractivity contribution >= 4 is 5.97 Å². The van der Waals surface area contributed by atoms with E-state index in [2.05, 4.69) is 0 Å². The van der Waals surface area contributed by atoms with Gasteiger partial charge in [0.2, 0.25) is 0 Å². The molecule has 0 saturated heterocycles. The number of carboxylic acids is 1. The van der Waals surface area contributed by atoms with Crippen LogP contribution in [0, 0.1) is 0 Å². The molecule has 1 aromatic carbocycles. The summed E-state index contributed by atoms with van der Waals surface area (Å²) in [4.78, 5) is 9.00. The number of carbonyl (C=O) groups is 1. The predicted molar refractivity (Wildman–Crippen MR) is 70.7 cm³/mol. The molecule has 0 heterocycles. The summed E-state index contributed by atoms with van der Waals surface area (Å²) in [6.45, 7) is 1.85. The van der Waals surface area contributed by atoms with Crippen LogP contribution in [0.15, 0.2) is 18.2 Å². The first-order valence-electron chi connectivity index (χ1n) is 6.20. The van der Waals surface area contributed by atoms with Crippen molar-refractivity contribution in [2.24, 2.45) is 5.73 Å². The lowest BCUT2D eigenvalue weighted by atomic mass is 10.0. The van der Waals surface area contributed by atoms with Gasteiger partial charge in [-0.3, -0.25) is 4.79 Å². The SMILES string of the molecule is CC(=O)O.COCc1ccc(C2CC2(F)F)c(CN)c1. The van der Waals surface area contributed by atoms with E-state index in [4.69, 9.17) is 20.4 Å². The summed E-state index contributed by atoms with van der Waals surface area (Å²) in [7, 11) is 1.60. The third-order valence-electron chi connectivity index (χ3n) is 2.94. The Kier molecular flexibility index (Phi) is 5.59. The van der Waals surface area contributed by atoms with Crippen molar-refractivity contribution in [2.75, 3.05) is 7.11 Å². The van der Waals surface area contributed by atoms with E-state index >= 15 is 0 Å². The molecule has 0 aliphatic heterocycles. The van der Waals surface area contributed by atoms with E-state index in [1.54, 1.807) is 13.2 Å². The zero-order valence-corrected chi connectivity index (χ0v) is 11.5. The van der Waals surface area contributed by atoms with Gasteiger partial charge in [0, 0.05) is 27.0 Å². The fourth-order valence-electron chi connectivity index (χ4n) is 1.98. The summed E-state index contributed by atoms with van der Waals surface area (Å²) in [6, 6.07) is 5.43. The molecule has 0 aromatic heterocycles. The quantitative estimate of drug-likeness (QED) is 0.892. The summed E-state index contributed by atoms with van der Waals surface area (Å²) in [5, 5.41) is 7.42. The van der Waals surface area contributed by atoms with Crippen molar-refractivity contribution in [3.63, 3.8) is 0 Å². The summed E-state index contributed by atoms with van der Waals surface area (Å²) in [6.07, 6.45) is -0.0520. The fourth-order valence-corrected chi connectivity index (χ4v) is 1.98. The maximum atomic E-state index is 13.0. The molecule has 112 valence electrons. The molecule has 0 amide bonds. The second kappa shape index (κ2) is 6.76. The lowest BCUT2D eigenvalue weighted by Crippen LogP contribution is -2.04. The lowest BCUT2D eigenvalue weighted by Gasteiger charge is -2.09. The maximum absolute atomic E-state index is 13.0. The van der Waals surface area contributed by atoms with Crippen molar-refractivity contribution in [2.45, 2.75) is 38.3 Å². The van der Waals surface area contributed by atoms with E-state index in [-0.39, 0.29) is 6.42 Å². The molecule has 0 bridgehead atoms. The predicted octanol–water partition coefficient (Wildman–Crippen LogP) is 2.51. The normalized spacial score (nSPS) is 18.9. The number of hydrogen-bond donors (Lipinski definition) is 2. The molecule has 20 heavy (non-hydrogen) atoms. The molecule has 6 heteroatoms. The second-order valence-corrected chi connectivity index (χ2v) is 4.71. The Morgan fingerprint density at radius 1 is 1.55 bits per heavy atom. The number of methoxy groups -OCH3 is 1. The van der Waals surface area contributed by atoms with Crippen LogP contribution >= 0.6 is 0 Å². The van der Waals surface area contributed by atoms with Crippen molar-refractivity contribution in [3.8, 4) is 0 Å². The molecule has 1 unspecified atom stereocenters. The zero-order chi connectivity index (χ0) is 15.3. The van der Waals surface area contributed by atoms with Crippen LogP contribution in [0.4, 0.5) is 8.78 Å². The highest BCUT2D eigenvalue weighted by Crippen LogP contribution is 2.56. The van der Waals surface area contributed by atoms with E-state index in [0.29, 0.717) is 18.7 Å². The van der Waals surface area contributed by atoms with Crippen LogP contribution in [0.1, 0.15) is 36.0 Å². The number of alkyl halides is 2. The average molecular weight is 287 g/mol. The molecule has 1 aliphatic rings. The van der Waals surface area contributed by atoms with Gasteiger partial charge in [0.1, 0.15) is 0 Å². The Morgan fingerprint density at radius 3 is 2.50 bits per heavy atom. The molecular formula is C14H19F2NO3. The number of halogens is 2. The van der Waals surface area contributed by atoms with Gasteiger partial charge in [-0.15, -0.1) is 0 Å². The number of nitrogens with two attached hydrogens (primary N) is 1. The topological polar surface area (TPSA) is 72.5 Å². The van der Waals surface area contributed by atoms with Crippen LogP contribution in [0.5, 0.6) is 0 Å². The van der Waals surface area contributed by atoms with Gasteiger partial charge >= 0.3 is 0 Å². The van der Waals surface area contributed by atoms with Gasteiger partial charge in [0.15, 0.2) is 0 Å². The monoisotopic (exact) mass is 287 g/mol. The first kappa shape index (κ1) is 16.5. The largest absolute Gasteiger partial charge is 0.481 e. The van der Waals surface area contributed by atoms with Crippen LogP contribution < -0.4 is 5.73 Å². The van der Waals surface area contributed by atoms with Crippen molar-refractivity contribution in [1.82, 2.24) is 0 Å². The van der Waals surface area contributed by atoms with Crippen LogP contribution in [-0.4, -0.2) is 24.1 Å². The minimum Gasteiger partial charge on any atom is -0.481 e. The van der Waals surface area contributed by atoms with Gasteiger partial charge in [-0.05, 0) is 16.7 Å². The van der Waals surface area contributed by atoms with Gasteiger partial charge in [-0.2, -0.15) is 0 Å². The standard InChI is InChI=1S/C12H15F2NO.C2H4O2/c1-16-7-8-2-3-10(9(4-8)6-15)11-5-12(11,13)14;1-2(3)4/h2-4,11H,5-7,15H2,1H3;1H3,(H,3,4). The van der Waals surface area contributed by atoms with E-state index < -0.39 is 17.8 Å². The summed E-state index contributed by atoms with van der Waals surface area (Å²) >= 11 is 0. The van der Waals surface area contributed by atoms with Crippen LogP contribution in [0.3, 0.4) is 0 Å². The van der Waals surface area contributed by atoms with Gasteiger partial charge < -0.3 is 15.6 Å². The third kappa shape index (κ3) is 4.54. The van der Waals surface area contributed by atoms with Crippen molar-refractivity contribution < 1.29 is 23.4 Å². The molecule has 1 saturated carbocycles. The van der Waals surface area contributed by atoms with Crippen LogP contribution in [0.25, 0.3) is 0 Å². The molecule has 0 radical (unpaired) electrons. The van der Waals surface area contributed by atoms with Gasteiger partial charge in [-0.25, -0.2) is 8.78 Å². The molecule has 3 N–H and O–H groups in total. The molecule has 2 rings (SSSR count). The summed E-state index contributed by atoms with van der Waals surface area (Å²) in [5.41, 5.74) is 8.04. The van der Waals surface area contributed by atoms with E-state index in [0.717, 1.165) is 18.1 Å². The molecule has 4 nitrogen and oxygen atoms in total. The Bertz CT molecular complexity index is 473. The first-order chi connectivity index (χ1) is 9.31. The van der Waals surface area contributed by atoms with Crippen molar-refractivity contribution in [3.05, 3.63) is 34.9 Å². The number of ether oxygens (including phenoxy) is 1. The van der Waals surface area contributed by atoms with Gasteiger partial charge in [-0.1, -0.05) is 18.2 Å². The number of carboxylic acid groups (broad SMARTS) is 1. The smallest absolute Gasteiger partial charge is 0.300 e. The van der Waals surface area contributed by atoms with Crippen molar-refractivity contribution in [1.29, 1.82) is 0 Å². The van der Waals surface area contributed by atoms with E-state index in [9.17, 15) is 8.78 Å². The molecule has 1 aliphatic carbocycles. The maximum Gasteiger partial charge on any atom is 0.300 e. The number of rotatable bonds is 4. The van der Waals surface area contributed by atoms with E-state index in [1.165, 1.54) is 0 Å². The van der Waals surface area contributed by atoms with E-state index in [1.807, 2.05) is 12.1 Å². The first-order valence-corrected chi connectivity index (χ1v) is 6.20. The fraction of sp³-hybridized carbons (Fsp3) is 0.500. The highest BCUT2D eigenvalue weighted by Gasteiger charge is 2.58. The Labute approximate surface area is 116 Å². The minimum atomic E-state index is -2.54. The van der Waals surface area contributed by atoms with Crippen LogP contribution in [0.2, 0.25) is 0 Å². The Morgan fingerprint density at radius 2 is 2.10 bits per heavy atom. The Balaban J connectivity index is 0.000000444. The second-order valence-electron chi connectivity index (χ2n) is 4.71. The molecule has 1 fully saturated rings. The molecule has 0 spiro atoms.